The number of hydrazone groups is 1. The summed E-state index contributed by atoms with van der Waals surface area (Å²) in [6.07, 6.45) is 7.99. The Morgan fingerprint density at radius 1 is 1.08 bits per heavy atom. The minimum Gasteiger partial charge on any atom is -0.494 e. The first-order valence-corrected chi connectivity index (χ1v) is 13.5. The molecule has 194 valence electrons. The maximum Gasteiger partial charge on any atom is 0.283 e. The summed E-state index contributed by atoms with van der Waals surface area (Å²) < 4.78 is 8.17. The minimum absolute atomic E-state index is 0.00932. The van der Waals surface area contributed by atoms with Gasteiger partial charge >= 0.3 is 0 Å². The van der Waals surface area contributed by atoms with Crippen LogP contribution in [0, 0.1) is 19.3 Å². The fraction of sp³-hybridized carbons (Fsp3) is 0.167. The third-order valence-electron chi connectivity index (χ3n) is 6.49. The molecule has 9 heteroatoms. The summed E-state index contributed by atoms with van der Waals surface area (Å²) in [4.78, 5) is 21.4. The Morgan fingerprint density at radius 2 is 1.90 bits per heavy atom. The Hall–Kier alpha value is -4.50. The summed E-state index contributed by atoms with van der Waals surface area (Å²) in [5.74, 6) is 0.453. The minimum atomic E-state index is -0.444. The Morgan fingerprint density at radius 3 is 2.69 bits per heavy atom. The van der Waals surface area contributed by atoms with Crippen molar-refractivity contribution in [3.63, 3.8) is 0 Å². The molecule has 0 fully saturated rings. The fourth-order valence-electron chi connectivity index (χ4n) is 4.77. The van der Waals surface area contributed by atoms with Gasteiger partial charge in [0, 0.05) is 47.2 Å². The lowest BCUT2D eigenvalue weighted by Gasteiger charge is -2.20. The third kappa shape index (κ3) is 5.00. The second-order valence-electron chi connectivity index (χ2n) is 9.49. The van der Waals surface area contributed by atoms with Gasteiger partial charge in [0.25, 0.3) is 5.91 Å². The Kier molecular flexibility index (Phi) is 6.58. The van der Waals surface area contributed by atoms with Crippen LogP contribution in [-0.4, -0.2) is 43.1 Å². The molecule has 0 atom stereocenters. The molecule has 0 saturated carbocycles. The number of hydrogen-bond acceptors (Lipinski definition) is 6. The summed E-state index contributed by atoms with van der Waals surface area (Å²) in [5, 5.41) is 16.8. The maximum absolute atomic E-state index is 13.0. The van der Waals surface area contributed by atoms with Crippen molar-refractivity contribution in [3.05, 3.63) is 101 Å². The Bertz CT molecular complexity index is 1680. The lowest BCUT2D eigenvalue weighted by Crippen LogP contribution is -2.35. The molecule has 0 radical (unpaired) electrons. The second-order valence-corrected chi connectivity index (χ2v) is 10.4. The molecule has 1 N–H and O–H groups in total. The van der Waals surface area contributed by atoms with Crippen molar-refractivity contribution in [3.8, 4) is 5.75 Å². The maximum atomic E-state index is 13.0. The zero-order valence-electron chi connectivity index (χ0n) is 21.6. The van der Waals surface area contributed by atoms with E-state index in [9.17, 15) is 4.79 Å². The van der Waals surface area contributed by atoms with Gasteiger partial charge in [-0.3, -0.25) is 15.2 Å². The average molecular weight is 535 g/mol. The standard InChI is InChI=1S/C30H26N6O2S/c1-19-13-20(2)15-23(14-19)38-12-6-11-35-18-22(24-8-3-4-9-26(24)35)16-25-27(31)36-30(33-28(25)37)39-29(34-36)21-7-5-10-32-17-21/h3-5,7-10,13-18,31H,6,11-12H2,1-2H3/b25-16-,31-27?. The topological polar surface area (TPSA) is 95.9 Å². The SMILES string of the molecule is Cc1cc(C)cc(OCCCn2cc(/C=C3/C(=N)N4N=C(c5cccnc5)SC4=NC3=O)c3ccccc32)c1. The number of nitrogens with one attached hydrogen (secondary N) is 1. The van der Waals surface area contributed by atoms with E-state index < -0.39 is 5.91 Å². The van der Waals surface area contributed by atoms with Gasteiger partial charge in [-0.2, -0.15) is 15.1 Å². The number of rotatable bonds is 7. The number of fused-ring (bicyclic) bond motifs is 2. The van der Waals surface area contributed by atoms with Crippen molar-refractivity contribution >= 4 is 50.7 Å². The van der Waals surface area contributed by atoms with E-state index >= 15 is 0 Å². The highest BCUT2D eigenvalue weighted by Gasteiger charge is 2.36. The predicted molar refractivity (Wildman–Crippen MR) is 156 cm³/mol. The van der Waals surface area contributed by atoms with Crippen LogP contribution in [0.5, 0.6) is 5.75 Å². The number of para-hydroxylation sites is 1. The summed E-state index contributed by atoms with van der Waals surface area (Å²) in [6.45, 7) is 5.48. The molecule has 2 aromatic heterocycles. The van der Waals surface area contributed by atoms with Gasteiger partial charge in [-0.1, -0.05) is 24.3 Å². The van der Waals surface area contributed by atoms with Crippen LogP contribution >= 0.6 is 11.8 Å². The van der Waals surface area contributed by atoms with Crippen LogP contribution in [0.15, 0.2) is 88.9 Å². The molecule has 0 aliphatic carbocycles. The molecule has 0 saturated heterocycles. The van der Waals surface area contributed by atoms with Crippen LogP contribution in [0.2, 0.25) is 0 Å². The Labute approximate surface area is 230 Å². The molecule has 1 amide bonds. The van der Waals surface area contributed by atoms with Crippen molar-refractivity contribution < 1.29 is 9.53 Å². The number of carbonyl (C=O) groups excluding carboxylic acids is 1. The van der Waals surface area contributed by atoms with Crippen LogP contribution in [0.4, 0.5) is 0 Å². The molecule has 4 heterocycles. The number of ether oxygens (including phenoxy) is 1. The largest absolute Gasteiger partial charge is 0.494 e. The van der Waals surface area contributed by atoms with Gasteiger partial charge in [0.2, 0.25) is 5.17 Å². The molecular formula is C30H26N6O2S. The summed E-state index contributed by atoms with van der Waals surface area (Å²) in [6, 6.07) is 18.0. The molecule has 0 bridgehead atoms. The molecule has 4 aromatic rings. The van der Waals surface area contributed by atoms with Gasteiger partial charge < -0.3 is 9.30 Å². The predicted octanol–water partition coefficient (Wildman–Crippen LogP) is 5.79. The number of amides is 1. The van der Waals surface area contributed by atoms with E-state index in [1.165, 1.54) is 27.9 Å². The number of aromatic nitrogens is 2. The second kappa shape index (κ2) is 10.3. The van der Waals surface area contributed by atoms with Crippen LogP contribution in [0.3, 0.4) is 0 Å². The third-order valence-corrected chi connectivity index (χ3v) is 7.45. The number of nitrogens with zero attached hydrogens (tertiary/aromatic N) is 5. The number of benzene rings is 2. The van der Waals surface area contributed by atoms with E-state index in [0.29, 0.717) is 16.8 Å². The highest BCUT2D eigenvalue weighted by molar-refractivity contribution is 8.27. The van der Waals surface area contributed by atoms with Gasteiger partial charge in [-0.05, 0) is 79.6 Å². The van der Waals surface area contributed by atoms with Crippen LogP contribution in [0.25, 0.3) is 17.0 Å². The number of pyridine rings is 1. The normalized spacial score (nSPS) is 16.1. The molecular weight excluding hydrogens is 508 g/mol. The molecule has 39 heavy (non-hydrogen) atoms. The molecule has 6 rings (SSSR count). The number of aryl methyl sites for hydroxylation is 3. The smallest absolute Gasteiger partial charge is 0.283 e. The summed E-state index contributed by atoms with van der Waals surface area (Å²) >= 11 is 1.26. The quantitative estimate of drug-likeness (QED) is 0.239. The van der Waals surface area contributed by atoms with E-state index in [1.807, 2.05) is 36.5 Å². The molecule has 8 nitrogen and oxygen atoms in total. The highest BCUT2D eigenvalue weighted by Crippen LogP contribution is 2.32. The highest BCUT2D eigenvalue weighted by atomic mass is 32.2. The van der Waals surface area contributed by atoms with Gasteiger partial charge in [0.1, 0.15) is 10.8 Å². The first-order chi connectivity index (χ1) is 19.0. The first kappa shape index (κ1) is 24.8. The van der Waals surface area contributed by atoms with Crippen LogP contribution in [-0.2, 0) is 11.3 Å². The van der Waals surface area contributed by atoms with E-state index in [2.05, 4.69) is 57.8 Å². The number of carbonyl (C=O) groups is 1. The van der Waals surface area contributed by atoms with Crippen molar-refractivity contribution in [2.24, 2.45) is 10.1 Å². The lowest BCUT2D eigenvalue weighted by molar-refractivity contribution is -0.114. The van der Waals surface area contributed by atoms with Gasteiger partial charge in [0.15, 0.2) is 5.84 Å². The van der Waals surface area contributed by atoms with Gasteiger partial charge in [0.05, 0.1) is 12.2 Å². The number of hydrogen-bond donors (Lipinski definition) is 1. The summed E-state index contributed by atoms with van der Waals surface area (Å²) in [5.41, 5.74) is 5.31. The summed E-state index contributed by atoms with van der Waals surface area (Å²) in [7, 11) is 0. The first-order valence-electron chi connectivity index (χ1n) is 12.7. The molecule has 2 aliphatic heterocycles. The monoisotopic (exact) mass is 534 g/mol. The van der Waals surface area contributed by atoms with Crippen LogP contribution in [0.1, 0.15) is 28.7 Å². The number of amidine groups is 2. The van der Waals surface area contributed by atoms with E-state index in [4.69, 9.17) is 10.1 Å². The number of thioether (sulfide) groups is 1. The van der Waals surface area contributed by atoms with E-state index in [-0.39, 0.29) is 11.4 Å². The van der Waals surface area contributed by atoms with Crippen LogP contribution < -0.4 is 4.74 Å². The van der Waals surface area contributed by atoms with Gasteiger partial charge in [-0.25, -0.2) is 0 Å². The van der Waals surface area contributed by atoms with Gasteiger partial charge in [-0.15, -0.1) is 0 Å². The average Bonchev–Trinajstić information content (AvgIpc) is 3.51. The lowest BCUT2D eigenvalue weighted by atomic mass is 10.1. The molecule has 2 aliphatic rings. The van der Waals surface area contributed by atoms with E-state index in [1.54, 1.807) is 18.5 Å². The van der Waals surface area contributed by atoms with Crippen molar-refractivity contribution in [1.29, 1.82) is 5.41 Å². The fourth-order valence-corrected chi connectivity index (χ4v) is 5.65. The van der Waals surface area contributed by atoms with Crippen molar-refractivity contribution in [2.45, 2.75) is 26.8 Å². The molecule has 2 aromatic carbocycles. The van der Waals surface area contributed by atoms with Crippen molar-refractivity contribution in [2.75, 3.05) is 6.61 Å². The Balaban J connectivity index is 1.23. The molecule has 0 unspecified atom stereocenters. The molecule has 0 spiro atoms. The zero-order chi connectivity index (χ0) is 26.9. The van der Waals surface area contributed by atoms with E-state index in [0.717, 1.165) is 40.7 Å². The number of aliphatic imine (C=N–C) groups is 1. The van der Waals surface area contributed by atoms with Crippen molar-refractivity contribution in [1.82, 2.24) is 14.6 Å². The zero-order valence-corrected chi connectivity index (χ0v) is 22.4.